The van der Waals surface area contributed by atoms with Crippen LogP contribution >= 0.6 is 24.0 Å². The van der Waals surface area contributed by atoms with E-state index in [0.29, 0.717) is 12.5 Å². The summed E-state index contributed by atoms with van der Waals surface area (Å²) >= 11 is 5.96. The van der Waals surface area contributed by atoms with Gasteiger partial charge in [-0.15, -0.1) is 12.4 Å². The van der Waals surface area contributed by atoms with Gasteiger partial charge in [-0.25, -0.2) is 0 Å². The second-order valence-electron chi connectivity index (χ2n) is 5.19. The average molecular weight is 324 g/mol. The molecule has 2 aromatic rings. The van der Waals surface area contributed by atoms with E-state index in [4.69, 9.17) is 16.3 Å². The minimum absolute atomic E-state index is 0. The van der Waals surface area contributed by atoms with E-state index >= 15 is 0 Å². The monoisotopic (exact) mass is 323 g/mol. The molecule has 0 amide bonds. The molecule has 1 atom stereocenters. The zero-order valence-electron chi connectivity index (χ0n) is 11.7. The summed E-state index contributed by atoms with van der Waals surface area (Å²) in [5.41, 5.74) is 2.41. The number of hydrogen-bond donors (Lipinski definition) is 1. The summed E-state index contributed by atoms with van der Waals surface area (Å²) in [6.45, 7) is 2.68. The van der Waals surface area contributed by atoms with Gasteiger partial charge in [0.15, 0.2) is 0 Å². The molecule has 112 valence electrons. The first-order chi connectivity index (χ1) is 9.83. The van der Waals surface area contributed by atoms with Gasteiger partial charge in [-0.2, -0.15) is 0 Å². The van der Waals surface area contributed by atoms with E-state index in [1.807, 2.05) is 30.3 Å². The highest BCUT2D eigenvalue weighted by atomic mass is 35.5. The Morgan fingerprint density at radius 2 is 1.71 bits per heavy atom. The fourth-order valence-corrected chi connectivity index (χ4v) is 2.57. The lowest BCUT2D eigenvalue weighted by molar-refractivity contribution is -0.0170. The topological polar surface area (TPSA) is 21.3 Å². The molecule has 1 saturated heterocycles. The van der Waals surface area contributed by atoms with Crippen molar-refractivity contribution in [2.24, 2.45) is 5.92 Å². The molecule has 0 spiro atoms. The molecule has 1 N–H and O–H groups in total. The molecule has 0 saturated carbocycles. The lowest BCUT2D eigenvalue weighted by atomic mass is 9.91. The minimum Gasteiger partial charge on any atom is -0.368 e. The lowest BCUT2D eigenvalue weighted by Crippen LogP contribution is -2.45. The Hall–Kier alpha value is -1.06. The Bertz CT molecular complexity index is 540. The Kier molecular flexibility index (Phi) is 6.07. The summed E-state index contributed by atoms with van der Waals surface area (Å²) in [5.74, 6) is 0.542. The van der Waals surface area contributed by atoms with Crippen molar-refractivity contribution >= 4 is 24.0 Å². The van der Waals surface area contributed by atoms with Crippen molar-refractivity contribution in [3.8, 4) is 0 Å². The smallest absolute Gasteiger partial charge is 0.0881 e. The summed E-state index contributed by atoms with van der Waals surface area (Å²) in [6.07, 6.45) is 0.133. The lowest BCUT2D eigenvalue weighted by Gasteiger charge is -2.35. The maximum atomic E-state index is 6.17. The number of nitrogens with one attached hydrogen (secondary N) is 1. The third-order valence-corrected chi connectivity index (χ3v) is 3.96. The van der Waals surface area contributed by atoms with Crippen molar-refractivity contribution in [1.82, 2.24) is 5.32 Å². The van der Waals surface area contributed by atoms with Crippen LogP contribution in [0.2, 0.25) is 5.02 Å². The maximum absolute atomic E-state index is 6.17. The van der Waals surface area contributed by atoms with E-state index in [9.17, 15) is 0 Å². The van der Waals surface area contributed by atoms with E-state index in [-0.39, 0.29) is 18.5 Å². The maximum Gasteiger partial charge on any atom is 0.0881 e. The molecule has 0 bridgehead atoms. The van der Waals surface area contributed by atoms with Crippen LogP contribution in [0, 0.1) is 5.92 Å². The van der Waals surface area contributed by atoms with Crippen LogP contribution in [0.3, 0.4) is 0 Å². The van der Waals surface area contributed by atoms with Crippen LogP contribution in [-0.2, 0) is 11.3 Å². The van der Waals surface area contributed by atoms with Crippen LogP contribution < -0.4 is 5.32 Å². The first kappa shape index (κ1) is 16.3. The fourth-order valence-electron chi connectivity index (χ4n) is 2.44. The predicted octanol–water partition coefficient (Wildman–Crippen LogP) is 4.24. The van der Waals surface area contributed by atoms with Gasteiger partial charge in [0.05, 0.1) is 12.7 Å². The fraction of sp³-hybridized carbons (Fsp3) is 0.294. The number of ether oxygens (including phenoxy) is 1. The summed E-state index contributed by atoms with van der Waals surface area (Å²) in [7, 11) is 0. The highest BCUT2D eigenvalue weighted by Gasteiger charge is 2.29. The van der Waals surface area contributed by atoms with Gasteiger partial charge in [0.2, 0.25) is 0 Å². The normalized spacial score (nSPS) is 15.9. The second kappa shape index (κ2) is 7.81. The van der Waals surface area contributed by atoms with E-state index in [1.165, 1.54) is 11.1 Å². The number of hydrogen-bond acceptors (Lipinski definition) is 2. The third kappa shape index (κ3) is 4.21. The first-order valence-corrected chi connectivity index (χ1v) is 7.32. The van der Waals surface area contributed by atoms with Crippen LogP contribution in [0.1, 0.15) is 17.2 Å². The SMILES string of the molecule is Cl.Clc1ccc([C@H](OCc2ccccc2)C2CNC2)cc1. The van der Waals surface area contributed by atoms with Crippen molar-refractivity contribution in [2.75, 3.05) is 13.1 Å². The largest absolute Gasteiger partial charge is 0.368 e. The van der Waals surface area contributed by atoms with E-state index in [1.54, 1.807) is 0 Å². The van der Waals surface area contributed by atoms with Crippen molar-refractivity contribution in [2.45, 2.75) is 12.7 Å². The van der Waals surface area contributed by atoms with Crippen molar-refractivity contribution in [1.29, 1.82) is 0 Å². The van der Waals surface area contributed by atoms with Crippen LogP contribution in [0.15, 0.2) is 54.6 Å². The Balaban J connectivity index is 0.00000161. The molecule has 0 radical (unpaired) electrons. The van der Waals surface area contributed by atoms with Crippen LogP contribution in [0.4, 0.5) is 0 Å². The molecule has 3 rings (SSSR count). The number of halogens is 2. The van der Waals surface area contributed by atoms with Gasteiger partial charge in [0, 0.05) is 24.0 Å². The molecule has 2 nitrogen and oxygen atoms in total. The zero-order chi connectivity index (χ0) is 13.8. The molecule has 0 unspecified atom stereocenters. The highest BCUT2D eigenvalue weighted by molar-refractivity contribution is 6.30. The van der Waals surface area contributed by atoms with Crippen molar-refractivity contribution < 1.29 is 4.74 Å². The molecule has 0 aliphatic carbocycles. The minimum atomic E-state index is 0. The third-order valence-electron chi connectivity index (χ3n) is 3.71. The van der Waals surface area contributed by atoms with Gasteiger partial charge in [-0.05, 0) is 23.3 Å². The molecular formula is C17H19Cl2NO. The molecule has 1 heterocycles. The molecule has 4 heteroatoms. The van der Waals surface area contributed by atoms with E-state index < -0.39 is 0 Å². The molecule has 21 heavy (non-hydrogen) atoms. The number of rotatable bonds is 5. The summed E-state index contributed by atoms with van der Waals surface area (Å²) in [5, 5.41) is 4.08. The second-order valence-corrected chi connectivity index (χ2v) is 5.62. The van der Waals surface area contributed by atoms with Crippen molar-refractivity contribution in [3.05, 3.63) is 70.7 Å². The van der Waals surface area contributed by atoms with Gasteiger partial charge in [-0.1, -0.05) is 54.1 Å². The van der Waals surface area contributed by atoms with Crippen LogP contribution in [0.5, 0.6) is 0 Å². The molecular weight excluding hydrogens is 305 g/mol. The van der Waals surface area contributed by atoms with Gasteiger partial charge in [0.25, 0.3) is 0 Å². The zero-order valence-corrected chi connectivity index (χ0v) is 13.2. The van der Waals surface area contributed by atoms with Gasteiger partial charge < -0.3 is 10.1 Å². The van der Waals surface area contributed by atoms with Crippen molar-refractivity contribution in [3.63, 3.8) is 0 Å². The van der Waals surface area contributed by atoms with E-state index in [2.05, 4.69) is 29.6 Å². The summed E-state index contributed by atoms with van der Waals surface area (Å²) in [6, 6.07) is 18.3. The molecule has 2 aromatic carbocycles. The predicted molar refractivity (Wildman–Crippen MR) is 89.0 cm³/mol. The standard InChI is InChI=1S/C17H18ClNO.ClH/c18-16-8-6-14(7-9-16)17(15-10-19-11-15)20-12-13-4-2-1-3-5-13;/h1-9,15,17,19H,10-12H2;1H/t17-;/m0./s1. The summed E-state index contributed by atoms with van der Waals surface area (Å²) < 4.78 is 6.17. The van der Waals surface area contributed by atoms with Crippen LogP contribution in [-0.4, -0.2) is 13.1 Å². The average Bonchev–Trinajstić information content (AvgIpc) is 2.43. The molecule has 0 aromatic heterocycles. The highest BCUT2D eigenvalue weighted by Crippen LogP contribution is 2.30. The Morgan fingerprint density at radius 1 is 1.05 bits per heavy atom. The van der Waals surface area contributed by atoms with E-state index in [0.717, 1.165) is 18.1 Å². The number of benzene rings is 2. The molecule has 1 aliphatic rings. The van der Waals surface area contributed by atoms with Gasteiger partial charge in [0.1, 0.15) is 0 Å². The molecule has 1 aliphatic heterocycles. The quantitative estimate of drug-likeness (QED) is 0.888. The Labute approximate surface area is 136 Å². The Morgan fingerprint density at radius 3 is 2.29 bits per heavy atom. The first-order valence-electron chi connectivity index (χ1n) is 6.94. The molecule has 1 fully saturated rings. The van der Waals surface area contributed by atoms with Gasteiger partial charge >= 0.3 is 0 Å². The van der Waals surface area contributed by atoms with Gasteiger partial charge in [-0.3, -0.25) is 0 Å². The summed E-state index contributed by atoms with van der Waals surface area (Å²) in [4.78, 5) is 0. The van der Waals surface area contributed by atoms with Crippen LogP contribution in [0.25, 0.3) is 0 Å².